The number of imidazole rings is 1. The van der Waals surface area contributed by atoms with Crippen LogP contribution in [-0.2, 0) is 12.8 Å². The van der Waals surface area contributed by atoms with Crippen molar-refractivity contribution in [1.82, 2.24) is 9.97 Å². The van der Waals surface area contributed by atoms with Gasteiger partial charge in [-0.1, -0.05) is 30.3 Å². The molecule has 0 atom stereocenters. The van der Waals surface area contributed by atoms with E-state index < -0.39 is 0 Å². The summed E-state index contributed by atoms with van der Waals surface area (Å²) in [5.74, 6) is 0.879. The molecular formula is C24H18N4. The minimum atomic E-state index is 0.879. The zero-order chi connectivity index (χ0) is 18.7. The highest BCUT2D eigenvalue weighted by Crippen LogP contribution is 2.32. The Morgan fingerprint density at radius 2 is 1.75 bits per heavy atom. The number of H-pyrrole nitrogens is 1. The number of hydrogen-bond acceptors (Lipinski definition) is 3. The van der Waals surface area contributed by atoms with E-state index in [4.69, 9.17) is 9.98 Å². The van der Waals surface area contributed by atoms with Gasteiger partial charge in [-0.2, -0.15) is 0 Å². The molecule has 0 amide bonds. The van der Waals surface area contributed by atoms with Gasteiger partial charge in [0.15, 0.2) is 0 Å². The molecule has 28 heavy (non-hydrogen) atoms. The van der Waals surface area contributed by atoms with Gasteiger partial charge in [0.1, 0.15) is 5.82 Å². The van der Waals surface area contributed by atoms with E-state index in [0.717, 1.165) is 57.9 Å². The van der Waals surface area contributed by atoms with Gasteiger partial charge in [0.05, 0.1) is 28.1 Å². The fourth-order valence-corrected chi connectivity index (χ4v) is 4.03. The maximum absolute atomic E-state index is 4.86. The van der Waals surface area contributed by atoms with Gasteiger partial charge < -0.3 is 4.98 Å². The van der Waals surface area contributed by atoms with Crippen LogP contribution in [0.3, 0.4) is 0 Å². The van der Waals surface area contributed by atoms with Gasteiger partial charge in [0.25, 0.3) is 0 Å². The number of aliphatic imine (C=N–C) groups is 2. The molecule has 0 radical (unpaired) electrons. The minimum absolute atomic E-state index is 0.879. The maximum atomic E-state index is 4.86. The van der Waals surface area contributed by atoms with Crippen molar-refractivity contribution in [3.63, 3.8) is 0 Å². The molecule has 0 bridgehead atoms. The van der Waals surface area contributed by atoms with E-state index in [1.807, 2.05) is 6.21 Å². The van der Waals surface area contributed by atoms with Crippen LogP contribution in [0.4, 0.5) is 11.4 Å². The standard InChI is InChI=1S/C24H18N4/c1-14-2-3-16-11-22(26-21(16)10-14)17-6-7-19-23(12-17)28-24(27-19)18-5-4-15-8-9-25-20(15)13-18/h2-7,9-10,12-13H,8,11H2,1H3,(H,27,28). The molecule has 2 aliphatic rings. The largest absolute Gasteiger partial charge is 0.338 e. The van der Waals surface area contributed by atoms with Crippen molar-refractivity contribution in [3.05, 3.63) is 76.9 Å². The fourth-order valence-electron chi connectivity index (χ4n) is 4.03. The Bertz CT molecular complexity index is 1320. The van der Waals surface area contributed by atoms with Gasteiger partial charge in [-0.15, -0.1) is 0 Å². The molecule has 0 aliphatic carbocycles. The van der Waals surface area contributed by atoms with Crippen LogP contribution in [0.1, 0.15) is 22.3 Å². The lowest BCUT2D eigenvalue weighted by Gasteiger charge is -2.00. The van der Waals surface area contributed by atoms with Crippen LogP contribution in [0.5, 0.6) is 0 Å². The van der Waals surface area contributed by atoms with Crippen LogP contribution in [0.2, 0.25) is 0 Å². The van der Waals surface area contributed by atoms with Crippen LogP contribution >= 0.6 is 0 Å². The van der Waals surface area contributed by atoms with Crippen molar-refractivity contribution in [2.45, 2.75) is 19.8 Å². The molecule has 0 unspecified atom stereocenters. The highest BCUT2D eigenvalue weighted by atomic mass is 14.9. The number of benzene rings is 3. The Kier molecular flexibility index (Phi) is 3.18. The zero-order valence-corrected chi connectivity index (χ0v) is 15.5. The monoisotopic (exact) mass is 362 g/mol. The lowest BCUT2D eigenvalue weighted by Crippen LogP contribution is -1.99. The Balaban J connectivity index is 1.38. The molecule has 3 aromatic carbocycles. The summed E-state index contributed by atoms with van der Waals surface area (Å²) >= 11 is 0. The molecule has 1 N–H and O–H groups in total. The van der Waals surface area contributed by atoms with E-state index in [9.17, 15) is 0 Å². The Labute approximate surface area is 162 Å². The molecule has 6 rings (SSSR count). The van der Waals surface area contributed by atoms with Gasteiger partial charge in [-0.3, -0.25) is 9.98 Å². The molecule has 4 heteroatoms. The van der Waals surface area contributed by atoms with Crippen molar-refractivity contribution in [3.8, 4) is 11.4 Å². The molecule has 3 heterocycles. The van der Waals surface area contributed by atoms with Gasteiger partial charge in [-0.05, 0) is 53.4 Å². The first-order valence-electron chi connectivity index (χ1n) is 9.56. The quantitative estimate of drug-likeness (QED) is 0.505. The molecular weight excluding hydrogens is 344 g/mol. The summed E-state index contributed by atoms with van der Waals surface area (Å²) in [6, 6.07) is 19.2. The number of fused-ring (bicyclic) bond motifs is 3. The minimum Gasteiger partial charge on any atom is -0.338 e. The first-order chi connectivity index (χ1) is 13.7. The predicted molar refractivity (Wildman–Crippen MR) is 114 cm³/mol. The van der Waals surface area contributed by atoms with Crippen LogP contribution in [-0.4, -0.2) is 21.9 Å². The normalized spacial score (nSPS) is 14.4. The number of nitrogens with zero attached hydrogens (tertiary/aromatic N) is 3. The molecule has 1 aromatic heterocycles. The summed E-state index contributed by atoms with van der Waals surface area (Å²) in [5, 5.41) is 0. The van der Waals surface area contributed by atoms with Crippen molar-refractivity contribution >= 4 is 34.3 Å². The van der Waals surface area contributed by atoms with E-state index in [-0.39, 0.29) is 0 Å². The number of aromatic amines is 1. The fraction of sp³-hybridized carbons (Fsp3) is 0.125. The van der Waals surface area contributed by atoms with Crippen LogP contribution < -0.4 is 0 Å². The third-order valence-corrected chi connectivity index (χ3v) is 5.57. The van der Waals surface area contributed by atoms with Crippen LogP contribution in [0.15, 0.2) is 64.6 Å². The van der Waals surface area contributed by atoms with Crippen molar-refractivity contribution in [2.75, 3.05) is 0 Å². The number of rotatable bonds is 2. The van der Waals surface area contributed by atoms with Crippen LogP contribution in [0, 0.1) is 6.92 Å². The average molecular weight is 362 g/mol. The Morgan fingerprint density at radius 1 is 0.857 bits per heavy atom. The first kappa shape index (κ1) is 15.5. The summed E-state index contributed by atoms with van der Waals surface area (Å²) in [5.41, 5.74) is 11.3. The number of nitrogens with one attached hydrogen (secondary N) is 1. The lowest BCUT2D eigenvalue weighted by atomic mass is 10.0. The van der Waals surface area contributed by atoms with Gasteiger partial charge in [0.2, 0.25) is 0 Å². The molecule has 0 fully saturated rings. The summed E-state index contributed by atoms with van der Waals surface area (Å²) in [6.07, 6.45) is 3.76. The molecule has 4 aromatic rings. The second-order valence-electron chi connectivity index (χ2n) is 7.54. The van der Waals surface area contributed by atoms with E-state index in [2.05, 4.69) is 71.5 Å². The third-order valence-electron chi connectivity index (χ3n) is 5.57. The third kappa shape index (κ3) is 2.42. The van der Waals surface area contributed by atoms with Crippen molar-refractivity contribution in [2.24, 2.45) is 9.98 Å². The van der Waals surface area contributed by atoms with E-state index >= 15 is 0 Å². The highest BCUT2D eigenvalue weighted by Gasteiger charge is 2.17. The van der Waals surface area contributed by atoms with E-state index in [1.54, 1.807) is 0 Å². The van der Waals surface area contributed by atoms with Crippen molar-refractivity contribution in [1.29, 1.82) is 0 Å². The topological polar surface area (TPSA) is 53.4 Å². The highest BCUT2D eigenvalue weighted by molar-refractivity contribution is 6.08. The summed E-state index contributed by atoms with van der Waals surface area (Å²) in [7, 11) is 0. The molecule has 4 nitrogen and oxygen atoms in total. The van der Waals surface area contributed by atoms with E-state index in [1.165, 1.54) is 16.7 Å². The number of hydrogen-bond donors (Lipinski definition) is 1. The zero-order valence-electron chi connectivity index (χ0n) is 15.5. The summed E-state index contributed by atoms with van der Waals surface area (Å²) in [6.45, 7) is 2.11. The second-order valence-corrected chi connectivity index (χ2v) is 7.54. The number of aromatic nitrogens is 2. The van der Waals surface area contributed by atoms with Gasteiger partial charge >= 0.3 is 0 Å². The molecule has 134 valence electrons. The van der Waals surface area contributed by atoms with E-state index in [0.29, 0.717) is 0 Å². The molecule has 2 aliphatic heterocycles. The molecule has 0 spiro atoms. The second kappa shape index (κ2) is 5.73. The SMILES string of the molecule is Cc1ccc2c(c1)N=C(c1ccc3nc(-c4ccc5c(c4)N=CC5)[nH]c3c1)C2. The maximum Gasteiger partial charge on any atom is 0.138 e. The summed E-state index contributed by atoms with van der Waals surface area (Å²) in [4.78, 5) is 17.6. The first-order valence-corrected chi connectivity index (χ1v) is 9.56. The average Bonchev–Trinajstić information content (AvgIpc) is 3.43. The Hall–Kier alpha value is -3.53. The van der Waals surface area contributed by atoms with Crippen LogP contribution in [0.25, 0.3) is 22.4 Å². The molecule has 0 saturated heterocycles. The Morgan fingerprint density at radius 3 is 2.71 bits per heavy atom. The smallest absolute Gasteiger partial charge is 0.138 e. The molecule has 0 saturated carbocycles. The number of aryl methyl sites for hydroxylation is 1. The lowest BCUT2D eigenvalue weighted by molar-refractivity contribution is 1.32. The predicted octanol–water partition coefficient (Wildman–Crippen LogP) is 5.47. The van der Waals surface area contributed by atoms with Gasteiger partial charge in [-0.25, -0.2) is 4.98 Å². The van der Waals surface area contributed by atoms with Gasteiger partial charge in [0, 0.05) is 24.6 Å². The summed E-state index contributed by atoms with van der Waals surface area (Å²) < 4.78 is 0. The van der Waals surface area contributed by atoms with Crippen molar-refractivity contribution < 1.29 is 0 Å².